The van der Waals surface area contributed by atoms with Crippen molar-refractivity contribution in [1.29, 1.82) is 0 Å². The van der Waals surface area contributed by atoms with Gasteiger partial charge in [0.25, 0.3) is 0 Å². The molecule has 0 aliphatic carbocycles. The van der Waals surface area contributed by atoms with Gasteiger partial charge in [-0.2, -0.15) is 0 Å². The zero-order valence-electron chi connectivity index (χ0n) is 3.01. The predicted octanol–water partition coefficient (Wildman–Crippen LogP) is 1.41. The van der Waals surface area contributed by atoms with Crippen LogP contribution in [0.1, 0.15) is 20.3 Å². The molecule has 0 unspecified atom stereocenters. The molecule has 0 aromatic heterocycles. The van der Waals surface area contributed by atoms with E-state index in [0.29, 0.717) is 0 Å². The molecule has 0 aromatic carbocycles. The van der Waals surface area contributed by atoms with E-state index in [1.54, 1.807) is 0 Å². The van der Waals surface area contributed by atoms with E-state index >= 15 is 0 Å². The van der Waals surface area contributed by atoms with Crippen LogP contribution in [0.15, 0.2) is 0 Å². The van der Waals surface area contributed by atoms with Crippen LogP contribution in [0.4, 0.5) is 0 Å². The molecule has 0 spiro atoms. The third-order valence-corrected chi connectivity index (χ3v) is 0. The topological polar surface area (TPSA) is 0 Å². The summed E-state index contributed by atoms with van der Waals surface area (Å²) in [5, 5.41) is 0. The van der Waals surface area contributed by atoms with Crippen LogP contribution in [-0.4, -0.2) is 0 Å². The average molecular weight is 108 g/mol. The van der Waals surface area contributed by atoms with Crippen LogP contribution in [-0.2, 0) is 17.1 Å². The molecule has 1 heteroatoms. The van der Waals surface area contributed by atoms with Crippen LogP contribution >= 0.6 is 0 Å². The summed E-state index contributed by atoms with van der Waals surface area (Å²) in [7, 11) is 0. The molecule has 0 bridgehead atoms. The van der Waals surface area contributed by atoms with Gasteiger partial charge in [0.1, 0.15) is 0 Å². The summed E-state index contributed by atoms with van der Waals surface area (Å²) in [5.41, 5.74) is 0. The van der Waals surface area contributed by atoms with Crippen molar-refractivity contribution in [2.75, 3.05) is 0 Å². The second kappa shape index (κ2) is 9.68. The summed E-state index contributed by atoms with van der Waals surface area (Å²) in [6.45, 7) is 4.25. The fourth-order valence-electron chi connectivity index (χ4n) is 0. The fraction of sp³-hybridized carbons (Fsp3) is 1.00. The van der Waals surface area contributed by atoms with Gasteiger partial charge in [0.15, 0.2) is 0 Å². The summed E-state index contributed by atoms with van der Waals surface area (Å²) in [6.07, 6.45) is 1.25. The predicted molar refractivity (Wildman–Crippen MR) is 16.0 cm³/mol. The van der Waals surface area contributed by atoms with Crippen molar-refractivity contribution in [3.8, 4) is 0 Å². The third-order valence-electron chi connectivity index (χ3n) is 0. The monoisotopic (exact) mass is 107 g/mol. The Balaban J connectivity index is 0. The molecule has 0 amide bonds. The molecule has 0 rings (SSSR count). The quantitative estimate of drug-likeness (QED) is 0.411. The Morgan fingerprint density at radius 1 is 1.25 bits per heavy atom. The van der Waals surface area contributed by atoms with Gasteiger partial charge in [-0.25, -0.2) is 0 Å². The maximum absolute atomic E-state index is 2.12. The van der Waals surface area contributed by atoms with Gasteiger partial charge in [-0.3, -0.25) is 0 Å². The van der Waals surface area contributed by atoms with Crippen LogP contribution in [0.5, 0.6) is 0 Å². The van der Waals surface area contributed by atoms with E-state index in [-0.39, 0.29) is 17.1 Å². The van der Waals surface area contributed by atoms with Gasteiger partial charge in [-0.1, -0.05) is 20.3 Å². The fourth-order valence-corrected chi connectivity index (χ4v) is 0. The van der Waals surface area contributed by atoms with E-state index in [0.717, 1.165) is 0 Å². The summed E-state index contributed by atoms with van der Waals surface area (Å²) in [6, 6.07) is 0. The largest absolute Gasteiger partial charge is 1.00 e. The Kier molecular flexibility index (Phi) is 21.3. The zero-order chi connectivity index (χ0) is 2.71. The van der Waals surface area contributed by atoms with Crippen molar-refractivity contribution in [1.82, 2.24) is 0 Å². The first-order valence-electron chi connectivity index (χ1n) is 1.41. The van der Waals surface area contributed by atoms with Crippen LogP contribution in [0.25, 0.3) is 0 Å². The van der Waals surface area contributed by atoms with Gasteiger partial charge >= 0.3 is 17.1 Å². The molecule has 0 aliphatic heterocycles. The van der Waals surface area contributed by atoms with E-state index in [9.17, 15) is 0 Å². The van der Waals surface area contributed by atoms with Crippen molar-refractivity contribution in [2.45, 2.75) is 20.3 Å². The second-order valence-electron chi connectivity index (χ2n) is 0.707. The van der Waals surface area contributed by atoms with Crippen molar-refractivity contribution >= 4 is 0 Å². The Bertz CT molecular complexity index is 3.25. The van der Waals surface area contributed by atoms with Gasteiger partial charge in [-0.15, -0.1) is 0 Å². The van der Waals surface area contributed by atoms with E-state index in [2.05, 4.69) is 13.8 Å². The van der Waals surface area contributed by atoms with E-state index in [1.165, 1.54) is 6.42 Å². The summed E-state index contributed by atoms with van der Waals surface area (Å²) < 4.78 is 0. The van der Waals surface area contributed by atoms with Crippen LogP contribution in [0, 0.1) is 0 Å². The molecule has 0 atom stereocenters. The molecular weight excluding hydrogens is 99.6 g/mol. The minimum atomic E-state index is 0. The molecule has 0 saturated carbocycles. The second-order valence-corrected chi connectivity index (χ2v) is 0.707. The molecule has 0 radical (unpaired) electrons. The van der Waals surface area contributed by atoms with Crippen LogP contribution < -0.4 is 0 Å². The molecule has 0 fully saturated rings. The van der Waals surface area contributed by atoms with E-state index < -0.39 is 0 Å². The maximum atomic E-state index is 2.12. The van der Waals surface area contributed by atoms with Crippen LogP contribution in [0.3, 0.4) is 0 Å². The Hall–Kier alpha value is 0.519. The standard InChI is InChI=1S/C3H8.Cu/c1-3-2;/h3H2,1-2H3;/q;+1. The molecular formula is C3H8Cu+. The molecule has 4 heavy (non-hydrogen) atoms. The van der Waals surface area contributed by atoms with Gasteiger partial charge < -0.3 is 0 Å². The van der Waals surface area contributed by atoms with E-state index in [4.69, 9.17) is 0 Å². The van der Waals surface area contributed by atoms with Crippen molar-refractivity contribution in [2.24, 2.45) is 0 Å². The first-order valence-corrected chi connectivity index (χ1v) is 1.41. The Morgan fingerprint density at radius 2 is 1.25 bits per heavy atom. The normalized spacial score (nSPS) is 4.50. The zero-order valence-corrected chi connectivity index (χ0v) is 3.95. The van der Waals surface area contributed by atoms with Crippen LogP contribution in [0.2, 0.25) is 0 Å². The summed E-state index contributed by atoms with van der Waals surface area (Å²) in [5.74, 6) is 0. The van der Waals surface area contributed by atoms with Crippen molar-refractivity contribution < 1.29 is 17.1 Å². The SMILES string of the molecule is CCC.[Cu+]. The van der Waals surface area contributed by atoms with Gasteiger partial charge in [0.2, 0.25) is 0 Å². The third kappa shape index (κ3) is 21.6. The number of hydrogen-bond donors (Lipinski definition) is 0. The first-order chi connectivity index (χ1) is 1.41. The average Bonchev–Trinajstić information content (AvgIpc) is 0.918. The van der Waals surface area contributed by atoms with Gasteiger partial charge in [0.05, 0.1) is 0 Å². The van der Waals surface area contributed by atoms with Crippen molar-refractivity contribution in [3.05, 3.63) is 0 Å². The van der Waals surface area contributed by atoms with Gasteiger partial charge in [0, 0.05) is 0 Å². The number of hydrogen-bond acceptors (Lipinski definition) is 0. The molecule has 0 aliphatic rings. The molecule has 0 N–H and O–H groups in total. The maximum Gasteiger partial charge on any atom is 1.00 e. The van der Waals surface area contributed by atoms with Crippen molar-refractivity contribution in [3.63, 3.8) is 0 Å². The smallest absolute Gasteiger partial charge is 0.0656 e. The minimum absolute atomic E-state index is 0. The number of rotatable bonds is 0. The minimum Gasteiger partial charge on any atom is -0.0656 e. The van der Waals surface area contributed by atoms with Gasteiger partial charge in [-0.05, 0) is 0 Å². The molecule has 0 nitrogen and oxygen atoms in total. The summed E-state index contributed by atoms with van der Waals surface area (Å²) >= 11 is 0. The molecule has 30 valence electrons. The molecule has 0 saturated heterocycles. The van der Waals surface area contributed by atoms with E-state index in [1.807, 2.05) is 0 Å². The molecule has 0 heterocycles. The first kappa shape index (κ1) is 8.82. The summed E-state index contributed by atoms with van der Waals surface area (Å²) in [4.78, 5) is 0. The Labute approximate surface area is 38.1 Å². The Morgan fingerprint density at radius 3 is 1.25 bits per heavy atom. The molecule has 0 aromatic rings.